The van der Waals surface area contributed by atoms with Gasteiger partial charge in [0.2, 0.25) is 5.91 Å². The number of carbonyl (C=O) groups excluding carboxylic acids is 2. The van der Waals surface area contributed by atoms with E-state index in [2.05, 4.69) is 34.1 Å². The number of rotatable bonds is 3. The number of H-pyrrole nitrogens is 1. The van der Waals surface area contributed by atoms with E-state index in [4.69, 9.17) is 0 Å². The van der Waals surface area contributed by atoms with Gasteiger partial charge >= 0.3 is 5.91 Å². The smallest absolute Gasteiger partial charge is 0.307 e. The quantitative estimate of drug-likeness (QED) is 0.795. The summed E-state index contributed by atoms with van der Waals surface area (Å²) in [5.74, 6) is 1.90. The van der Waals surface area contributed by atoms with Gasteiger partial charge in [0.15, 0.2) is 0 Å². The summed E-state index contributed by atoms with van der Waals surface area (Å²) in [4.78, 5) is 29.3. The molecule has 5 rings (SSSR count). The molecule has 0 saturated carbocycles. The number of aryl methyl sites for hydroxylation is 2. The van der Waals surface area contributed by atoms with E-state index in [1.54, 1.807) is 17.4 Å². The molecule has 0 radical (unpaired) electrons. The SMILES string of the molecule is Cc1cscc1C1=CC2CN(C(=O)/C=C/c3c[nH+]c4c(c3)CCC(=O)N4)CC2C1. The van der Waals surface area contributed by atoms with Crippen LogP contribution in [0.15, 0.2) is 35.2 Å². The first-order chi connectivity index (χ1) is 14.1. The van der Waals surface area contributed by atoms with Crippen LogP contribution in [0.4, 0.5) is 5.82 Å². The summed E-state index contributed by atoms with van der Waals surface area (Å²) in [5.41, 5.74) is 6.23. The van der Waals surface area contributed by atoms with Gasteiger partial charge in [0.05, 0.1) is 12.6 Å². The molecule has 1 saturated heterocycles. The van der Waals surface area contributed by atoms with E-state index in [-0.39, 0.29) is 11.8 Å². The number of likely N-dealkylation sites (tertiary alicyclic amines) is 1. The fourth-order valence-electron chi connectivity index (χ4n) is 4.68. The fourth-order valence-corrected chi connectivity index (χ4v) is 5.55. The lowest BCUT2D eigenvalue weighted by Gasteiger charge is -2.15. The Balaban J connectivity index is 1.23. The molecule has 6 heteroatoms. The molecule has 3 aliphatic rings. The van der Waals surface area contributed by atoms with Crippen molar-refractivity contribution >= 4 is 40.6 Å². The van der Waals surface area contributed by atoms with Gasteiger partial charge in [-0.2, -0.15) is 11.3 Å². The minimum Gasteiger partial charge on any atom is -0.338 e. The molecule has 2 aromatic rings. The number of aromatic nitrogens is 1. The third-order valence-electron chi connectivity index (χ3n) is 6.25. The van der Waals surface area contributed by atoms with Crippen molar-refractivity contribution in [3.05, 3.63) is 57.4 Å². The van der Waals surface area contributed by atoms with Crippen LogP contribution in [0, 0.1) is 18.8 Å². The van der Waals surface area contributed by atoms with Crippen LogP contribution in [-0.2, 0) is 16.0 Å². The monoisotopic (exact) mass is 406 g/mol. The number of anilines is 1. The summed E-state index contributed by atoms with van der Waals surface area (Å²) >= 11 is 1.76. The summed E-state index contributed by atoms with van der Waals surface area (Å²) < 4.78 is 0. The number of pyridine rings is 1. The second-order valence-corrected chi connectivity index (χ2v) is 8.99. The highest BCUT2D eigenvalue weighted by molar-refractivity contribution is 7.08. The second-order valence-electron chi connectivity index (χ2n) is 8.25. The van der Waals surface area contributed by atoms with E-state index in [9.17, 15) is 9.59 Å². The highest BCUT2D eigenvalue weighted by atomic mass is 32.1. The predicted molar refractivity (Wildman–Crippen MR) is 114 cm³/mol. The predicted octanol–water partition coefficient (Wildman–Crippen LogP) is 3.33. The van der Waals surface area contributed by atoms with Crippen molar-refractivity contribution in [2.24, 2.45) is 11.8 Å². The Hall–Kier alpha value is -2.73. The van der Waals surface area contributed by atoms with Crippen molar-refractivity contribution in [1.82, 2.24) is 4.90 Å². The third-order valence-corrected chi connectivity index (χ3v) is 7.11. The number of thiophene rings is 1. The van der Waals surface area contributed by atoms with Gasteiger partial charge in [-0.05, 0) is 71.2 Å². The first kappa shape index (κ1) is 18.3. The average molecular weight is 407 g/mol. The maximum Gasteiger partial charge on any atom is 0.307 e. The maximum absolute atomic E-state index is 12.7. The molecular weight excluding hydrogens is 382 g/mol. The van der Waals surface area contributed by atoms with Crippen LogP contribution in [0.25, 0.3) is 11.6 Å². The minimum atomic E-state index is 0.0400. The topological polar surface area (TPSA) is 63.6 Å². The molecule has 2 aromatic heterocycles. The zero-order chi connectivity index (χ0) is 20.0. The van der Waals surface area contributed by atoms with Gasteiger partial charge in [-0.25, -0.2) is 15.1 Å². The molecule has 2 amide bonds. The summed E-state index contributed by atoms with van der Waals surface area (Å²) in [6, 6.07) is 2.03. The van der Waals surface area contributed by atoms with Crippen molar-refractivity contribution in [3.8, 4) is 0 Å². The van der Waals surface area contributed by atoms with E-state index in [1.807, 2.05) is 23.2 Å². The summed E-state index contributed by atoms with van der Waals surface area (Å²) in [6.45, 7) is 3.82. The van der Waals surface area contributed by atoms with Crippen molar-refractivity contribution in [2.45, 2.75) is 26.2 Å². The number of nitrogens with zero attached hydrogens (tertiary/aromatic N) is 1. The van der Waals surface area contributed by atoms with E-state index in [0.29, 0.717) is 18.3 Å². The molecule has 0 spiro atoms. The van der Waals surface area contributed by atoms with Crippen LogP contribution >= 0.6 is 11.3 Å². The van der Waals surface area contributed by atoms with Crippen molar-refractivity contribution in [3.63, 3.8) is 0 Å². The molecule has 1 aliphatic carbocycles. The highest BCUT2D eigenvalue weighted by Gasteiger charge is 2.38. The Morgan fingerprint density at radius 2 is 2.21 bits per heavy atom. The fraction of sp³-hybridized carbons (Fsp3) is 0.348. The molecule has 2 N–H and O–H groups in total. The van der Waals surface area contributed by atoms with Gasteiger partial charge in [0.25, 0.3) is 5.82 Å². The van der Waals surface area contributed by atoms with Crippen LogP contribution in [-0.4, -0.2) is 29.8 Å². The first-order valence-electron chi connectivity index (χ1n) is 10.1. The van der Waals surface area contributed by atoms with Crippen molar-refractivity contribution in [1.29, 1.82) is 0 Å². The molecule has 1 fully saturated rings. The van der Waals surface area contributed by atoms with Gasteiger partial charge in [-0.3, -0.25) is 4.79 Å². The number of carbonyl (C=O) groups is 2. The molecule has 5 nitrogen and oxygen atoms in total. The molecule has 29 heavy (non-hydrogen) atoms. The van der Waals surface area contributed by atoms with Crippen molar-refractivity contribution < 1.29 is 14.6 Å². The Labute approximate surface area is 174 Å². The molecule has 2 atom stereocenters. The molecule has 4 heterocycles. The summed E-state index contributed by atoms with van der Waals surface area (Å²) in [6.07, 6.45) is 10.0. The number of hydrogen-bond donors (Lipinski definition) is 1. The molecule has 148 valence electrons. The van der Waals surface area contributed by atoms with Crippen molar-refractivity contribution in [2.75, 3.05) is 18.4 Å². The molecular formula is C23H24N3O2S+. The van der Waals surface area contributed by atoms with Gasteiger partial charge in [-0.15, -0.1) is 0 Å². The van der Waals surface area contributed by atoms with E-state index >= 15 is 0 Å². The largest absolute Gasteiger partial charge is 0.338 e. The number of aromatic amines is 1. The summed E-state index contributed by atoms with van der Waals surface area (Å²) in [5, 5.41) is 7.29. The number of hydrogen-bond acceptors (Lipinski definition) is 3. The Kier molecular flexibility index (Phi) is 4.59. The van der Waals surface area contributed by atoms with Gasteiger partial charge in [0, 0.05) is 30.3 Å². The number of amides is 2. The van der Waals surface area contributed by atoms with Gasteiger partial charge in [0.1, 0.15) is 0 Å². The Bertz CT molecular complexity index is 1050. The highest BCUT2D eigenvalue weighted by Crippen LogP contribution is 2.42. The van der Waals surface area contributed by atoms with E-state index < -0.39 is 0 Å². The standard InChI is InChI=1S/C23H23N3O2S/c1-14-12-29-13-20(14)17-7-18-10-26(11-19(18)8-17)22(28)5-2-15-6-16-3-4-21(27)25-23(16)24-9-15/h2,5-7,9,12-13,18-19H,3-4,8,10-11H2,1H3,(H,24,25,27)/p+1/b5-2+. The Morgan fingerprint density at radius 3 is 3.00 bits per heavy atom. The lowest BCUT2D eigenvalue weighted by molar-refractivity contribution is -0.361. The minimum absolute atomic E-state index is 0.0400. The van der Waals surface area contributed by atoms with Crippen LogP contribution < -0.4 is 10.3 Å². The van der Waals surface area contributed by atoms with Crippen LogP contribution in [0.2, 0.25) is 0 Å². The lowest BCUT2D eigenvalue weighted by atomic mass is 9.98. The van der Waals surface area contributed by atoms with Gasteiger partial charge < -0.3 is 4.90 Å². The normalized spacial score (nSPS) is 23.1. The zero-order valence-electron chi connectivity index (χ0n) is 16.4. The van der Waals surface area contributed by atoms with Crippen LogP contribution in [0.5, 0.6) is 0 Å². The number of allylic oxidation sites excluding steroid dienone is 1. The summed E-state index contributed by atoms with van der Waals surface area (Å²) in [7, 11) is 0. The lowest BCUT2D eigenvalue weighted by Crippen LogP contribution is -2.27. The number of nitrogens with one attached hydrogen (secondary N) is 2. The molecule has 0 bridgehead atoms. The first-order valence-corrected chi connectivity index (χ1v) is 11.1. The average Bonchev–Trinajstić information content (AvgIpc) is 3.40. The van der Waals surface area contributed by atoms with Gasteiger partial charge in [-0.1, -0.05) is 6.08 Å². The Morgan fingerprint density at radius 1 is 1.31 bits per heavy atom. The van der Waals surface area contributed by atoms with Crippen LogP contribution in [0.3, 0.4) is 0 Å². The second kappa shape index (κ2) is 7.26. The molecule has 2 unspecified atom stereocenters. The third kappa shape index (κ3) is 3.53. The molecule has 2 aliphatic heterocycles. The van der Waals surface area contributed by atoms with E-state index in [1.165, 1.54) is 16.7 Å². The maximum atomic E-state index is 12.7. The number of fused-ring (bicyclic) bond motifs is 2. The molecule has 0 aromatic carbocycles. The van der Waals surface area contributed by atoms with Crippen LogP contribution in [0.1, 0.15) is 35.1 Å². The zero-order valence-corrected chi connectivity index (χ0v) is 17.2. The van der Waals surface area contributed by atoms with E-state index in [0.717, 1.165) is 42.9 Å².